The molecule has 1 heterocycles. The lowest BCUT2D eigenvalue weighted by Gasteiger charge is -2.17. The third-order valence-corrected chi connectivity index (χ3v) is 3.35. The van der Waals surface area contributed by atoms with Crippen LogP contribution in [0.15, 0.2) is 48.5 Å². The van der Waals surface area contributed by atoms with E-state index in [9.17, 15) is 9.18 Å². The van der Waals surface area contributed by atoms with Gasteiger partial charge in [0.15, 0.2) is 0 Å². The fourth-order valence-electron chi connectivity index (χ4n) is 2.35. The monoisotopic (exact) mass is 256 g/mol. The van der Waals surface area contributed by atoms with E-state index in [1.54, 1.807) is 17.0 Å². The molecule has 0 saturated carbocycles. The van der Waals surface area contributed by atoms with Crippen LogP contribution in [0.3, 0.4) is 0 Å². The van der Waals surface area contributed by atoms with Crippen LogP contribution < -0.4 is 10.6 Å². The first-order valence-corrected chi connectivity index (χ1v) is 6.07. The van der Waals surface area contributed by atoms with Gasteiger partial charge >= 0.3 is 0 Å². The van der Waals surface area contributed by atoms with Gasteiger partial charge in [-0.3, -0.25) is 4.79 Å². The molecule has 1 atom stereocenters. The number of rotatable bonds is 2. The lowest BCUT2D eigenvalue weighted by molar-refractivity contribution is -0.119. The number of fused-ring (bicyclic) bond motifs is 1. The molecule has 1 amide bonds. The predicted molar refractivity (Wildman–Crippen MR) is 71.0 cm³/mol. The number of anilines is 1. The second-order valence-corrected chi connectivity index (χ2v) is 4.59. The minimum Gasteiger partial charge on any atom is -0.316 e. The fourth-order valence-corrected chi connectivity index (χ4v) is 2.35. The van der Waals surface area contributed by atoms with Crippen LogP contribution in [-0.4, -0.2) is 5.91 Å². The Bertz CT molecular complexity index is 624. The van der Waals surface area contributed by atoms with Crippen LogP contribution in [-0.2, 0) is 11.3 Å². The molecule has 3 rings (SSSR count). The summed E-state index contributed by atoms with van der Waals surface area (Å²) in [6.07, 6.45) is 0. The summed E-state index contributed by atoms with van der Waals surface area (Å²) in [7, 11) is 0. The summed E-state index contributed by atoms with van der Waals surface area (Å²) in [6.45, 7) is 0.407. The van der Waals surface area contributed by atoms with E-state index in [4.69, 9.17) is 5.73 Å². The van der Waals surface area contributed by atoms with Crippen molar-refractivity contribution in [3.8, 4) is 0 Å². The zero-order valence-electron chi connectivity index (χ0n) is 10.2. The molecule has 0 fully saturated rings. The minimum absolute atomic E-state index is 0.120. The maximum absolute atomic E-state index is 12.9. The third kappa shape index (κ3) is 2.00. The quantitative estimate of drug-likeness (QED) is 0.896. The SMILES string of the molecule is N[C@H]1C(=O)N(Cc2ccc(F)cc2)c2ccccc21. The Kier molecular flexibility index (Phi) is 2.80. The molecule has 2 aromatic carbocycles. The van der Waals surface area contributed by atoms with Crippen LogP contribution in [0, 0.1) is 5.82 Å². The average molecular weight is 256 g/mol. The van der Waals surface area contributed by atoms with Gasteiger partial charge in [-0.05, 0) is 23.8 Å². The molecule has 0 saturated heterocycles. The summed E-state index contributed by atoms with van der Waals surface area (Å²) in [6, 6.07) is 13.0. The van der Waals surface area contributed by atoms with Gasteiger partial charge in [0.2, 0.25) is 5.91 Å². The van der Waals surface area contributed by atoms with Crippen molar-refractivity contribution >= 4 is 11.6 Å². The molecule has 96 valence electrons. The number of amides is 1. The summed E-state index contributed by atoms with van der Waals surface area (Å²) in [5, 5.41) is 0. The number of hydrogen-bond donors (Lipinski definition) is 1. The molecule has 0 aromatic heterocycles. The second-order valence-electron chi connectivity index (χ2n) is 4.59. The van der Waals surface area contributed by atoms with E-state index in [2.05, 4.69) is 0 Å². The van der Waals surface area contributed by atoms with Crippen LogP contribution in [0.4, 0.5) is 10.1 Å². The normalized spacial score (nSPS) is 17.7. The van der Waals surface area contributed by atoms with E-state index in [0.717, 1.165) is 16.8 Å². The van der Waals surface area contributed by atoms with E-state index in [1.807, 2.05) is 24.3 Å². The Balaban J connectivity index is 1.93. The topological polar surface area (TPSA) is 46.3 Å². The number of benzene rings is 2. The van der Waals surface area contributed by atoms with Crippen molar-refractivity contribution in [3.63, 3.8) is 0 Å². The van der Waals surface area contributed by atoms with Crippen molar-refractivity contribution in [1.29, 1.82) is 0 Å². The maximum atomic E-state index is 12.9. The summed E-state index contributed by atoms with van der Waals surface area (Å²) in [4.78, 5) is 13.8. The van der Waals surface area contributed by atoms with E-state index >= 15 is 0 Å². The standard InChI is InChI=1S/C15H13FN2O/c16-11-7-5-10(6-8-11)9-18-13-4-2-1-3-12(13)14(17)15(18)19/h1-8,14H,9,17H2/t14-/m1/s1. The number of para-hydroxylation sites is 1. The number of hydrogen-bond acceptors (Lipinski definition) is 2. The number of carbonyl (C=O) groups is 1. The van der Waals surface area contributed by atoms with Crippen LogP contribution >= 0.6 is 0 Å². The van der Waals surface area contributed by atoms with Gasteiger partial charge in [0.25, 0.3) is 0 Å². The Labute approximate surface area is 110 Å². The Morgan fingerprint density at radius 3 is 2.53 bits per heavy atom. The van der Waals surface area contributed by atoms with Crippen LogP contribution in [0.1, 0.15) is 17.2 Å². The molecule has 1 aliphatic heterocycles. The molecule has 3 nitrogen and oxygen atoms in total. The summed E-state index contributed by atoms with van der Waals surface area (Å²) < 4.78 is 12.9. The minimum atomic E-state index is -0.600. The highest BCUT2D eigenvalue weighted by Crippen LogP contribution is 2.35. The number of nitrogens with two attached hydrogens (primary N) is 1. The van der Waals surface area contributed by atoms with Gasteiger partial charge in [0.05, 0.1) is 6.54 Å². The van der Waals surface area contributed by atoms with Gasteiger partial charge in [-0.25, -0.2) is 4.39 Å². The van der Waals surface area contributed by atoms with Gasteiger partial charge in [0, 0.05) is 11.3 Å². The first-order chi connectivity index (χ1) is 9.16. The molecule has 2 aromatic rings. The van der Waals surface area contributed by atoms with E-state index in [-0.39, 0.29) is 11.7 Å². The Morgan fingerprint density at radius 1 is 1.11 bits per heavy atom. The summed E-state index contributed by atoms with van der Waals surface area (Å²) in [5.74, 6) is -0.404. The molecular weight excluding hydrogens is 243 g/mol. The van der Waals surface area contributed by atoms with Gasteiger partial charge in [-0.2, -0.15) is 0 Å². The zero-order valence-corrected chi connectivity index (χ0v) is 10.2. The Morgan fingerprint density at radius 2 is 1.79 bits per heavy atom. The molecular formula is C15H13FN2O. The highest BCUT2D eigenvalue weighted by molar-refractivity contribution is 6.04. The van der Waals surface area contributed by atoms with Crippen molar-refractivity contribution < 1.29 is 9.18 Å². The number of halogens is 1. The van der Waals surface area contributed by atoms with Crippen LogP contribution in [0.25, 0.3) is 0 Å². The second kappa shape index (κ2) is 4.48. The largest absolute Gasteiger partial charge is 0.316 e. The molecule has 19 heavy (non-hydrogen) atoms. The lowest BCUT2D eigenvalue weighted by Crippen LogP contribution is -2.31. The van der Waals surface area contributed by atoms with Gasteiger partial charge in [-0.1, -0.05) is 30.3 Å². The summed E-state index contributed by atoms with van der Waals surface area (Å²) in [5.41, 5.74) is 8.46. The number of nitrogens with zero attached hydrogens (tertiary/aromatic N) is 1. The molecule has 0 spiro atoms. The van der Waals surface area contributed by atoms with Crippen molar-refractivity contribution in [3.05, 3.63) is 65.5 Å². The smallest absolute Gasteiger partial charge is 0.248 e. The van der Waals surface area contributed by atoms with E-state index < -0.39 is 6.04 Å². The molecule has 2 N–H and O–H groups in total. The average Bonchev–Trinajstić information content (AvgIpc) is 2.67. The molecule has 0 unspecified atom stereocenters. The Hall–Kier alpha value is -2.20. The summed E-state index contributed by atoms with van der Waals surface area (Å²) >= 11 is 0. The molecule has 1 aliphatic rings. The van der Waals surface area contributed by atoms with Crippen molar-refractivity contribution in [1.82, 2.24) is 0 Å². The molecule has 0 aliphatic carbocycles. The van der Waals surface area contributed by atoms with Crippen LogP contribution in [0.5, 0.6) is 0 Å². The maximum Gasteiger partial charge on any atom is 0.248 e. The highest BCUT2D eigenvalue weighted by atomic mass is 19.1. The van der Waals surface area contributed by atoms with Crippen molar-refractivity contribution in [2.45, 2.75) is 12.6 Å². The van der Waals surface area contributed by atoms with Crippen LogP contribution in [0.2, 0.25) is 0 Å². The predicted octanol–water partition coefficient (Wildman–Crippen LogP) is 2.37. The highest BCUT2D eigenvalue weighted by Gasteiger charge is 2.34. The number of carbonyl (C=O) groups excluding carboxylic acids is 1. The molecule has 4 heteroatoms. The molecule has 0 bridgehead atoms. The first kappa shape index (κ1) is 11.9. The van der Waals surface area contributed by atoms with Gasteiger partial charge < -0.3 is 10.6 Å². The van der Waals surface area contributed by atoms with E-state index in [1.165, 1.54) is 12.1 Å². The van der Waals surface area contributed by atoms with Crippen molar-refractivity contribution in [2.24, 2.45) is 5.73 Å². The van der Waals surface area contributed by atoms with E-state index in [0.29, 0.717) is 6.54 Å². The van der Waals surface area contributed by atoms with Crippen molar-refractivity contribution in [2.75, 3.05) is 4.90 Å². The lowest BCUT2D eigenvalue weighted by atomic mass is 10.1. The molecule has 0 radical (unpaired) electrons. The first-order valence-electron chi connectivity index (χ1n) is 6.07. The zero-order chi connectivity index (χ0) is 13.4. The fraction of sp³-hybridized carbons (Fsp3) is 0.133. The third-order valence-electron chi connectivity index (χ3n) is 3.35. The van der Waals surface area contributed by atoms with Gasteiger partial charge in [0.1, 0.15) is 11.9 Å². The van der Waals surface area contributed by atoms with Gasteiger partial charge in [-0.15, -0.1) is 0 Å².